The van der Waals surface area contributed by atoms with E-state index in [0.29, 0.717) is 10.6 Å². The van der Waals surface area contributed by atoms with E-state index in [1.54, 1.807) is 16.2 Å². The number of nitrogens with zero attached hydrogens (tertiary/aromatic N) is 2. The molecule has 1 N–H and O–H groups in total. The maximum atomic E-state index is 11.9. The summed E-state index contributed by atoms with van der Waals surface area (Å²) in [5.41, 5.74) is 1.31. The topological polar surface area (TPSA) is 63.8 Å². The van der Waals surface area contributed by atoms with E-state index < -0.39 is 5.97 Å². The molecule has 0 saturated carbocycles. The molecular weight excluding hydrogens is 300 g/mol. The molecule has 0 aliphatic rings. The maximum Gasteiger partial charge on any atom is 0.341 e. The third kappa shape index (κ3) is 3.40. The van der Waals surface area contributed by atoms with Crippen LogP contribution in [-0.2, 0) is 9.53 Å². The lowest BCUT2D eigenvalue weighted by Gasteiger charge is -2.06. The first-order chi connectivity index (χ1) is 10.6. The number of esters is 1. The van der Waals surface area contributed by atoms with Crippen LogP contribution in [0, 0.1) is 6.92 Å². The maximum absolute atomic E-state index is 11.9. The quantitative estimate of drug-likeness (QED) is 0.402. The van der Waals surface area contributed by atoms with Gasteiger partial charge in [0.05, 0.1) is 18.7 Å². The Bertz CT molecular complexity index is 807. The normalized spacial score (nSPS) is 12.5. The van der Waals surface area contributed by atoms with Crippen molar-refractivity contribution >= 4 is 36.3 Å². The van der Waals surface area contributed by atoms with Crippen LogP contribution in [0.25, 0.3) is 12.2 Å². The highest BCUT2D eigenvalue weighted by molar-refractivity contribution is 7.97. The third-order valence-corrected chi connectivity index (χ3v) is 3.99. The van der Waals surface area contributed by atoms with E-state index >= 15 is 0 Å². The summed E-state index contributed by atoms with van der Waals surface area (Å²) < 4.78 is 6.53. The van der Waals surface area contributed by atoms with Crippen LogP contribution in [0.4, 0.5) is 0 Å². The minimum Gasteiger partial charge on any atom is -0.465 e. The average Bonchev–Trinajstić information content (AvgIpc) is 2.87. The zero-order valence-electron chi connectivity index (χ0n) is 12.3. The smallest absolute Gasteiger partial charge is 0.341 e. The molecule has 0 atom stereocenters. The van der Waals surface area contributed by atoms with Crippen LogP contribution in [0.5, 0.6) is 0 Å². The number of rotatable bonds is 4. The van der Waals surface area contributed by atoms with Crippen molar-refractivity contribution < 1.29 is 14.7 Å². The van der Waals surface area contributed by atoms with Crippen LogP contribution < -0.4 is 10.6 Å². The van der Waals surface area contributed by atoms with Gasteiger partial charge in [0.15, 0.2) is 0 Å². The average molecular weight is 316 g/mol. The van der Waals surface area contributed by atoms with Gasteiger partial charge in [-0.2, -0.15) is 0 Å². The highest BCUT2D eigenvalue weighted by atomic mass is 32.2. The molecule has 6 heteroatoms. The van der Waals surface area contributed by atoms with Gasteiger partial charge in [0.2, 0.25) is 0 Å². The van der Waals surface area contributed by atoms with Crippen molar-refractivity contribution in [2.45, 2.75) is 11.8 Å². The second kappa shape index (κ2) is 7.00. The van der Waals surface area contributed by atoms with Crippen molar-refractivity contribution in [3.05, 3.63) is 52.7 Å². The van der Waals surface area contributed by atoms with Crippen LogP contribution in [0.15, 0.2) is 46.6 Å². The first kappa shape index (κ1) is 15.9. The third-order valence-electron chi connectivity index (χ3n) is 3.01. The lowest BCUT2D eigenvalue weighted by molar-refractivity contribution is -0.133. The second-order valence-electron chi connectivity index (χ2n) is 4.57. The predicted octanol–water partition coefficient (Wildman–Crippen LogP) is 1.55. The van der Waals surface area contributed by atoms with E-state index in [2.05, 4.69) is 11.7 Å². The SMILES string of the molecule is C=c1ccn(Sc2ccc(C)cc2)/c1=C(/C=N/O)C(=O)OC. The number of aromatic nitrogens is 1. The second-order valence-corrected chi connectivity index (χ2v) is 5.62. The summed E-state index contributed by atoms with van der Waals surface area (Å²) in [6.07, 6.45) is 2.86. The van der Waals surface area contributed by atoms with Crippen LogP contribution in [0.2, 0.25) is 0 Å². The van der Waals surface area contributed by atoms with Crippen molar-refractivity contribution in [1.29, 1.82) is 0 Å². The summed E-state index contributed by atoms with van der Waals surface area (Å²) in [5.74, 6) is -0.591. The largest absolute Gasteiger partial charge is 0.465 e. The van der Waals surface area contributed by atoms with Crippen LogP contribution >= 0.6 is 11.9 Å². The number of methoxy groups -OCH3 is 1. The van der Waals surface area contributed by atoms with E-state index in [-0.39, 0.29) is 5.57 Å². The minimum absolute atomic E-state index is 0.139. The zero-order valence-corrected chi connectivity index (χ0v) is 13.1. The number of hydrogen-bond acceptors (Lipinski definition) is 5. The molecule has 0 spiro atoms. The van der Waals surface area contributed by atoms with Crippen molar-refractivity contribution in [3.63, 3.8) is 0 Å². The Morgan fingerprint density at radius 3 is 2.64 bits per heavy atom. The Kier molecular flexibility index (Phi) is 5.06. The number of carbonyl (C=O) groups excluding carboxylic acids is 1. The van der Waals surface area contributed by atoms with Gasteiger partial charge in [0.25, 0.3) is 0 Å². The minimum atomic E-state index is -0.591. The summed E-state index contributed by atoms with van der Waals surface area (Å²) in [4.78, 5) is 12.9. The summed E-state index contributed by atoms with van der Waals surface area (Å²) in [6, 6.07) is 9.78. The fraction of sp³-hybridized carbons (Fsp3) is 0.125. The van der Waals surface area contributed by atoms with E-state index in [1.165, 1.54) is 24.6 Å². The van der Waals surface area contributed by atoms with Gasteiger partial charge >= 0.3 is 5.97 Å². The summed E-state index contributed by atoms with van der Waals surface area (Å²) in [7, 11) is 1.27. The standard InChI is InChI=1S/C16H16N2O3S/c1-11-4-6-13(7-5-11)22-18-9-8-12(2)15(18)14(10-17-20)16(19)21-3/h4-10,20H,2H2,1,3H3/b15-14-,17-10+. The molecule has 0 bridgehead atoms. The van der Waals surface area contributed by atoms with Crippen molar-refractivity contribution in [2.75, 3.05) is 7.11 Å². The zero-order chi connectivity index (χ0) is 16.1. The number of hydrogen-bond donors (Lipinski definition) is 1. The molecule has 114 valence electrons. The molecule has 5 nitrogen and oxygen atoms in total. The van der Waals surface area contributed by atoms with Crippen molar-refractivity contribution in [3.8, 4) is 0 Å². The van der Waals surface area contributed by atoms with Gasteiger partial charge in [-0.3, -0.25) is 3.97 Å². The van der Waals surface area contributed by atoms with E-state index in [1.807, 2.05) is 31.2 Å². The van der Waals surface area contributed by atoms with Crippen molar-refractivity contribution in [2.24, 2.45) is 5.16 Å². The Balaban J connectivity index is 2.57. The Labute approximate surface area is 132 Å². The van der Waals surface area contributed by atoms with E-state index in [4.69, 9.17) is 9.94 Å². The molecule has 0 radical (unpaired) electrons. The fourth-order valence-corrected chi connectivity index (χ4v) is 2.82. The molecule has 1 aromatic carbocycles. The van der Waals surface area contributed by atoms with Crippen molar-refractivity contribution in [1.82, 2.24) is 3.97 Å². The molecule has 2 aromatic rings. The van der Waals surface area contributed by atoms with E-state index in [0.717, 1.165) is 11.1 Å². The molecule has 0 fully saturated rings. The molecule has 0 amide bonds. The summed E-state index contributed by atoms with van der Waals surface area (Å²) in [5, 5.41) is 12.9. The lowest BCUT2D eigenvalue weighted by Crippen LogP contribution is -2.32. The molecule has 22 heavy (non-hydrogen) atoms. The molecule has 1 heterocycles. The van der Waals surface area contributed by atoms with E-state index in [9.17, 15) is 4.79 Å². The molecule has 2 rings (SSSR count). The fourth-order valence-electron chi connectivity index (χ4n) is 1.91. The van der Waals surface area contributed by atoms with Gasteiger partial charge in [-0.1, -0.05) is 29.4 Å². The van der Waals surface area contributed by atoms with Crippen LogP contribution in [0.1, 0.15) is 5.56 Å². The highest BCUT2D eigenvalue weighted by Gasteiger charge is 2.12. The highest BCUT2D eigenvalue weighted by Crippen LogP contribution is 2.18. The van der Waals surface area contributed by atoms with Crippen LogP contribution in [-0.4, -0.2) is 28.5 Å². The Hall–Kier alpha value is -2.47. The summed E-state index contributed by atoms with van der Waals surface area (Å²) in [6.45, 7) is 5.93. The van der Waals surface area contributed by atoms with Gasteiger partial charge in [-0.15, -0.1) is 0 Å². The molecule has 0 unspecified atom stereocenters. The molecule has 0 aliphatic heterocycles. The van der Waals surface area contributed by atoms with Crippen LogP contribution in [0.3, 0.4) is 0 Å². The monoisotopic (exact) mass is 316 g/mol. The molecule has 0 aliphatic carbocycles. The molecule has 0 saturated heterocycles. The Morgan fingerprint density at radius 1 is 1.36 bits per heavy atom. The predicted molar refractivity (Wildman–Crippen MR) is 87.3 cm³/mol. The van der Waals surface area contributed by atoms with Gasteiger partial charge in [-0.25, -0.2) is 4.79 Å². The number of oxime groups is 1. The first-order valence-corrected chi connectivity index (χ1v) is 7.25. The van der Waals surface area contributed by atoms with Gasteiger partial charge in [-0.05, 0) is 42.3 Å². The van der Waals surface area contributed by atoms with Gasteiger partial charge < -0.3 is 9.94 Å². The first-order valence-electron chi connectivity index (χ1n) is 6.48. The Morgan fingerprint density at radius 2 is 2.05 bits per heavy atom. The molecular formula is C16H16N2O3S. The number of benzene rings is 1. The van der Waals surface area contributed by atoms with Gasteiger partial charge in [0, 0.05) is 11.1 Å². The number of carbonyl (C=O) groups is 1. The van der Waals surface area contributed by atoms with Gasteiger partial charge in [0.1, 0.15) is 5.57 Å². The number of ether oxygens (including phenoxy) is 1. The number of aryl methyl sites for hydroxylation is 1. The molecule has 1 aromatic heterocycles. The summed E-state index contributed by atoms with van der Waals surface area (Å²) >= 11 is 1.43. The lowest BCUT2D eigenvalue weighted by atomic mass is 10.2.